The van der Waals surface area contributed by atoms with Gasteiger partial charge in [-0.05, 0) is 43.6 Å². The van der Waals surface area contributed by atoms with E-state index < -0.39 is 10.0 Å². The quantitative estimate of drug-likeness (QED) is 0.627. The van der Waals surface area contributed by atoms with Crippen LogP contribution in [0.3, 0.4) is 0 Å². The molecule has 124 valence electrons. The molecule has 0 spiro atoms. The minimum absolute atomic E-state index is 0.150. The van der Waals surface area contributed by atoms with Crippen molar-refractivity contribution >= 4 is 66.1 Å². The van der Waals surface area contributed by atoms with Crippen molar-refractivity contribution in [3.05, 3.63) is 38.6 Å². The highest BCUT2D eigenvalue weighted by Crippen LogP contribution is 2.37. The zero-order valence-electron chi connectivity index (χ0n) is 12.4. The second kappa shape index (κ2) is 6.38. The molecule has 0 saturated carbocycles. The summed E-state index contributed by atoms with van der Waals surface area (Å²) >= 11 is 14.2. The molecular weight excluding hydrogens is 395 g/mol. The molecule has 23 heavy (non-hydrogen) atoms. The molecule has 0 amide bonds. The zero-order valence-corrected chi connectivity index (χ0v) is 16.4. The van der Waals surface area contributed by atoms with Crippen LogP contribution in [0.5, 0.6) is 0 Å². The van der Waals surface area contributed by atoms with Crippen molar-refractivity contribution < 1.29 is 8.42 Å². The van der Waals surface area contributed by atoms with Gasteiger partial charge in [-0.15, -0.1) is 22.7 Å². The number of thiophene rings is 2. The van der Waals surface area contributed by atoms with E-state index >= 15 is 0 Å². The molecule has 3 aromatic heterocycles. The van der Waals surface area contributed by atoms with Crippen LogP contribution in [0.4, 0.5) is 0 Å². The minimum Gasteiger partial charge on any atom is -0.309 e. The average molecular weight is 409 g/mol. The number of fused-ring (bicyclic) bond motifs is 1. The summed E-state index contributed by atoms with van der Waals surface area (Å²) in [6.07, 6.45) is 2.50. The van der Waals surface area contributed by atoms with Crippen molar-refractivity contribution in [2.45, 2.75) is 10.6 Å². The number of halogens is 2. The Bertz CT molecular complexity index is 935. The van der Waals surface area contributed by atoms with Crippen LogP contribution in [0.2, 0.25) is 9.36 Å². The number of likely N-dealkylation sites (N-methyl/N-ethyl adjacent to an activating group) is 1. The molecule has 0 radical (unpaired) electrons. The summed E-state index contributed by atoms with van der Waals surface area (Å²) in [6, 6.07) is 3.37. The first-order valence-electron chi connectivity index (χ1n) is 6.73. The van der Waals surface area contributed by atoms with Crippen molar-refractivity contribution in [2.75, 3.05) is 20.6 Å². The molecule has 0 aliphatic carbocycles. The molecule has 0 fully saturated rings. The maximum atomic E-state index is 12.9. The first-order chi connectivity index (χ1) is 10.8. The molecule has 3 heterocycles. The van der Waals surface area contributed by atoms with Gasteiger partial charge >= 0.3 is 0 Å². The van der Waals surface area contributed by atoms with Crippen molar-refractivity contribution in [1.29, 1.82) is 0 Å². The smallest absolute Gasteiger partial charge is 0.278 e. The van der Waals surface area contributed by atoms with Gasteiger partial charge in [0.2, 0.25) is 0 Å². The van der Waals surface area contributed by atoms with Crippen LogP contribution in [0.15, 0.2) is 27.9 Å². The Labute approximate surface area is 152 Å². The lowest BCUT2D eigenvalue weighted by Gasteiger charge is -2.07. The van der Waals surface area contributed by atoms with Crippen LogP contribution in [-0.4, -0.2) is 37.9 Å². The Morgan fingerprint density at radius 3 is 2.65 bits per heavy atom. The van der Waals surface area contributed by atoms with Gasteiger partial charge in [-0.3, -0.25) is 0 Å². The fourth-order valence-electron chi connectivity index (χ4n) is 2.26. The lowest BCUT2D eigenvalue weighted by molar-refractivity contribution is 0.414. The fraction of sp³-hybridized carbons (Fsp3) is 0.286. The van der Waals surface area contributed by atoms with Gasteiger partial charge in [-0.25, -0.2) is 3.97 Å². The monoisotopic (exact) mass is 408 g/mol. The summed E-state index contributed by atoms with van der Waals surface area (Å²) in [7, 11) is 0.297. The van der Waals surface area contributed by atoms with Gasteiger partial charge < -0.3 is 4.90 Å². The predicted octanol–water partition coefficient (Wildman–Crippen LogP) is 4.41. The van der Waals surface area contributed by atoms with Crippen molar-refractivity contribution in [3.8, 4) is 0 Å². The van der Waals surface area contributed by atoms with Crippen molar-refractivity contribution in [3.63, 3.8) is 0 Å². The van der Waals surface area contributed by atoms with E-state index in [9.17, 15) is 8.42 Å². The van der Waals surface area contributed by atoms with E-state index in [1.165, 1.54) is 21.4 Å². The summed E-state index contributed by atoms with van der Waals surface area (Å²) < 4.78 is 27.6. The summed E-state index contributed by atoms with van der Waals surface area (Å²) in [5, 5.41) is 3.15. The molecule has 0 saturated heterocycles. The van der Waals surface area contributed by atoms with Gasteiger partial charge in [0, 0.05) is 18.1 Å². The SMILES string of the molecule is CN(C)CCc1cn(S(=O)(=O)c2cc(Cl)c(Cl)s2)c2sccc12. The van der Waals surface area contributed by atoms with Gasteiger partial charge in [0.25, 0.3) is 10.0 Å². The van der Waals surface area contributed by atoms with Gasteiger partial charge in [0.05, 0.1) is 5.02 Å². The highest BCUT2D eigenvalue weighted by Gasteiger charge is 2.25. The molecular formula is C14H14Cl2N2O2S3. The van der Waals surface area contributed by atoms with Crippen LogP contribution in [0.25, 0.3) is 10.2 Å². The molecule has 0 aromatic carbocycles. The summed E-state index contributed by atoms with van der Waals surface area (Å²) in [4.78, 5) is 2.79. The topological polar surface area (TPSA) is 42.3 Å². The van der Waals surface area contributed by atoms with Crippen LogP contribution >= 0.6 is 45.9 Å². The average Bonchev–Trinajstić information content (AvgIpc) is 3.13. The highest BCUT2D eigenvalue weighted by molar-refractivity contribution is 7.92. The largest absolute Gasteiger partial charge is 0.309 e. The standard InChI is InChI=1S/C14H14Cl2N2O2S3/c1-17(2)5-3-9-8-18(14-10(9)4-6-21-14)23(19,20)12-7-11(15)13(16)22-12/h4,6-8H,3,5H2,1-2H3. The van der Waals surface area contributed by atoms with Crippen LogP contribution in [0, 0.1) is 0 Å². The Balaban J connectivity index is 2.10. The Kier molecular flexibility index (Phi) is 4.79. The molecule has 0 atom stereocenters. The molecule has 9 heteroatoms. The van der Waals surface area contributed by atoms with E-state index in [0.29, 0.717) is 0 Å². The van der Waals surface area contributed by atoms with E-state index in [4.69, 9.17) is 23.2 Å². The summed E-state index contributed by atoms with van der Waals surface area (Å²) in [6.45, 7) is 0.853. The van der Waals surface area contributed by atoms with E-state index in [1.807, 2.05) is 25.5 Å². The summed E-state index contributed by atoms with van der Waals surface area (Å²) in [5.41, 5.74) is 1.02. The minimum atomic E-state index is -3.69. The Morgan fingerprint density at radius 1 is 1.30 bits per heavy atom. The number of nitrogens with zero attached hydrogens (tertiary/aromatic N) is 2. The van der Waals surface area contributed by atoms with E-state index in [0.717, 1.165) is 40.1 Å². The maximum absolute atomic E-state index is 12.9. The molecule has 3 rings (SSSR count). The normalized spacial score (nSPS) is 12.6. The third kappa shape index (κ3) is 3.18. The second-order valence-electron chi connectivity index (χ2n) is 5.33. The lowest BCUT2D eigenvalue weighted by atomic mass is 10.2. The lowest BCUT2D eigenvalue weighted by Crippen LogP contribution is -2.15. The molecule has 0 N–H and O–H groups in total. The first-order valence-corrected chi connectivity index (χ1v) is 10.6. The van der Waals surface area contributed by atoms with Gasteiger partial charge in [-0.2, -0.15) is 8.42 Å². The number of hydrogen-bond donors (Lipinski definition) is 0. The van der Waals surface area contributed by atoms with E-state index in [-0.39, 0.29) is 13.6 Å². The number of aromatic nitrogens is 1. The van der Waals surface area contributed by atoms with Crippen LogP contribution in [-0.2, 0) is 16.4 Å². The molecule has 0 unspecified atom stereocenters. The third-order valence-electron chi connectivity index (χ3n) is 3.43. The summed E-state index contributed by atoms with van der Waals surface area (Å²) in [5.74, 6) is 0. The van der Waals surface area contributed by atoms with Crippen LogP contribution in [0.1, 0.15) is 5.56 Å². The van der Waals surface area contributed by atoms with E-state index in [2.05, 4.69) is 4.90 Å². The van der Waals surface area contributed by atoms with Gasteiger partial charge in [0.15, 0.2) is 0 Å². The van der Waals surface area contributed by atoms with Crippen molar-refractivity contribution in [2.24, 2.45) is 0 Å². The second-order valence-corrected chi connectivity index (χ2v) is 10.3. The molecule has 0 aliphatic heterocycles. The fourth-order valence-corrected chi connectivity index (χ4v) is 6.76. The Hall–Kier alpha value is -0.570. The highest BCUT2D eigenvalue weighted by atomic mass is 35.5. The van der Waals surface area contributed by atoms with Crippen molar-refractivity contribution in [1.82, 2.24) is 8.87 Å². The predicted molar refractivity (Wildman–Crippen MR) is 99.0 cm³/mol. The number of hydrogen-bond acceptors (Lipinski definition) is 5. The zero-order chi connectivity index (χ0) is 16.8. The molecule has 3 aromatic rings. The maximum Gasteiger partial charge on any atom is 0.278 e. The van der Waals surface area contributed by atoms with Gasteiger partial charge in [0.1, 0.15) is 13.4 Å². The molecule has 0 bridgehead atoms. The van der Waals surface area contributed by atoms with E-state index in [1.54, 1.807) is 6.20 Å². The number of rotatable bonds is 5. The third-order valence-corrected chi connectivity index (χ3v) is 8.43. The molecule has 4 nitrogen and oxygen atoms in total. The Morgan fingerprint density at radius 2 is 2.04 bits per heavy atom. The molecule has 0 aliphatic rings. The first kappa shape index (κ1) is 17.3. The van der Waals surface area contributed by atoms with Crippen LogP contribution < -0.4 is 0 Å². The van der Waals surface area contributed by atoms with Gasteiger partial charge in [-0.1, -0.05) is 23.2 Å².